The number of phenolic OH excluding ortho intramolecular Hbond substituents is 1. The molecule has 2 aliphatic rings. The molecule has 2 unspecified atom stereocenters. The summed E-state index contributed by atoms with van der Waals surface area (Å²) in [5.41, 5.74) is 1.93. The molecule has 24 heavy (non-hydrogen) atoms. The van der Waals surface area contributed by atoms with Crippen molar-refractivity contribution in [2.24, 2.45) is 0 Å². The lowest BCUT2D eigenvalue weighted by molar-refractivity contribution is -0.141. The number of phenols is 1. The van der Waals surface area contributed by atoms with Gasteiger partial charge in [0.2, 0.25) is 5.91 Å². The molecule has 0 spiro atoms. The fourth-order valence-electron chi connectivity index (χ4n) is 3.70. The number of nitrogens with zero attached hydrogens (tertiary/aromatic N) is 2. The maximum Gasteiger partial charge on any atom is 0.230 e. The Bertz CT molecular complexity index is 732. The molecule has 1 fully saturated rings. The van der Waals surface area contributed by atoms with E-state index in [0.717, 1.165) is 35.4 Å². The second kappa shape index (κ2) is 6.53. The van der Waals surface area contributed by atoms with E-state index in [1.54, 1.807) is 23.6 Å². The number of carbonyl (C=O) groups is 1. The van der Waals surface area contributed by atoms with E-state index in [9.17, 15) is 9.90 Å². The van der Waals surface area contributed by atoms with Crippen LogP contribution in [0.25, 0.3) is 0 Å². The van der Waals surface area contributed by atoms with Crippen LogP contribution in [0.5, 0.6) is 5.75 Å². The van der Waals surface area contributed by atoms with E-state index in [2.05, 4.69) is 4.98 Å². The molecule has 2 heterocycles. The van der Waals surface area contributed by atoms with Gasteiger partial charge in [-0.25, -0.2) is 4.98 Å². The van der Waals surface area contributed by atoms with Gasteiger partial charge in [-0.3, -0.25) is 4.79 Å². The van der Waals surface area contributed by atoms with E-state index in [0.29, 0.717) is 25.4 Å². The maximum absolute atomic E-state index is 13.1. The Morgan fingerprint density at radius 3 is 3.17 bits per heavy atom. The fraction of sp³-hybridized carbons (Fsp3) is 0.444. The van der Waals surface area contributed by atoms with Crippen LogP contribution >= 0.6 is 11.3 Å². The van der Waals surface area contributed by atoms with Crippen molar-refractivity contribution in [1.82, 2.24) is 9.88 Å². The van der Waals surface area contributed by atoms with Crippen molar-refractivity contribution in [3.05, 3.63) is 45.9 Å². The van der Waals surface area contributed by atoms with Gasteiger partial charge in [0.15, 0.2) is 0 Å². The first-order valence-corrected chi connectivity index (χ1v) is 9.22. The summed E-state index contributed by atoms with van der Waals surface area (Å²) in [6.07, 6.45) is 4.26. The number of morpholine rings is 1. The molecule has 1 aromatic heterocycles. The summed E-state index contributed by atoms with van der Waals surface area (Å²) in [7, 11) is 0. The zero-order valence-corrected chi connectivity index (χ0v) is 14.2. The number of aromatic nitrogens is 1. The van der Waals surface area contributed by atoms with Crippen LogP contribution in [0.4, 0.5) is 0 Å². The molecule has 2 aromatic rings. The van der Waals surface area contributed by atoms with E-state index in [-0.39, 0.29) is 17.9 Å². The molecule has 126 valence electrons. The monoisotopic (exact) mass is 344 g/mol. The Hall–Kier alpha value is -1.92. The third-order valence-electron chi connectivity index (χ3n) is 4.89. The van der Waals surface area contributed by atoms with Crippen LogP contribution in [0, 0.1) is 0 Å². The second-order valence-electron chi connectivity index (χ2n) is 6.30. The number of rotatable bonds is 2. The number of fused-ring (bicyclic) bond motifs is 1. The quantitative estimate of drug-likeness (QED) is 0.910. The van der Waals surface area contributed by atoms with Gasteiger partial charge in [-0.15, -0.1) is 11.3 Å². The second-order valence-corrected chi connectivity index (χ2v) is 7.23. The number of aromatic hydroxyl groups is 1. The fourth-order valence-corrected chi connectivity index (χ4v) is 4.38. The molecule has 0 saturated carbocycles. The Kier molecular flexibility index (Phi) is 4.24. The summed E-state index contributed by atoms with van der Waals surface area (Å²) in [6, 6.07) is 5.52. The van der Waals surface area contributed by atoms with Crippen molar-refractivity contribution < 1.29 is 14.6 Å². The van der Waals surface area contributed by atoms with Crippen LogP contribution in [0.15, 0.2) is 29.8 Å². The zero-order valence-electron chi connectivity index (χ0n) is 13.4. The molecular weight excluding hydrogens is 324 g/mol. The Balaban J connectivity index is 1.55. The summed E-state index contributed by atoms with van der Waals surface area (Å²) in [6.45, 7) is 1.71. The molecule has 2 atom stereocenters. The molecule has 1 aliphatic carbocycles. The first-order chi connectivity index (χ1) is 11.7. The van der Waals surface area contributed by atoms with Gasteiger partial charge in [0.05, 0.1) is 19.1 Å². The first kappa shape index (κ1) is 15.6. The number of hydrogen-bond acceptors (Lipinski definition) is 5. The van der Waals surface area contributed by atoms with Gasteiger partial charge in [-0.2, -0.15) is 0 Å². The lowest BCUT2D eigenvalue weighted by Crippen LogP contribution is -2.44. The molecule has 1 aliphatic heterocycles. The van der Waals surface area contributed by atoms with Gasteiger partial charge < -0.3 is 14.7 Å². The highest BCUT2D eigenvalue weighted by Gasteiger charge is 2.34. The SMILES string of the molecule is O=C(C1CCCc2c(O)cccc21)N1CCOC(c2nccs2)C1. The molecule has 5 nitrogen and oxygen atoms in total. The van der Waals surface area contributed by atoms with Crippen LogP contribution < -0.4 is 0 Å². The summed E-state index contributed by atoms with van der Waals surface area (Å²) < 4.78 is 5.79. The number of amides is 1. The third-order valence-corrected chi connectivity index (χ3v) is 5.75. The van der Waals surface area contributed by atoms with Crippen molar-refractivity contribution in [3.8, 4) is 5.75 Å². The predicted molar refractivity (Wildman–Crippen MR) is 91.2 cm³/mol. The van der Waals surface area contributed by atoms with Crippen molar-refractivity contribution in [1.29, 1.82) is 0 Å². The zero-order chi connectivity index (χ0) is 16.5. The smallest absolute Gasteiger partial charge is 0.230 e. The molecule has 1 amide bonds. The van der Waals surface area contributed by atoms with Crippen molar-refractivity contribution in [3.63, 3.8) is 0 Å². The van der Waals surface area contributed by atoms with Crippen LogP contribution in [0.2, 0.25) is 0 Å². The highest BCUT2D eigenvalue weighted by atomic mass is 32.1. The summed E-state index contributed by atoms with van der Waals surface area (Å²) in [5, 5.41) is 12.9. The number of ether oxygens (including phenoxy) is 1. The van der Waals surface area contributed by atoms with Crippen LogP contribution in [0.3, 0.4) is 0 Å². The van der Waals surface area contributed by atoms with E-state index in [1.807, 2.05) is 22.4 Å². The number of thiazole rings is 1. The van der Waals surface area contributed by atoms with Gasteiger partial charge in [-0.05, 0) is 36.5 Å². The topological polar surface area (TPSA) is 62.7 Å². The normalized spacial score (nSPS) is 23.8. The highest BCUT2D eigenvalue weighted by Crippen LogP contribution is 2.38. The summed E-state index contributed by atoms with van der Waals surface area (Å²) in [4.78, 5) is 19.3. The Labute approximate surface area is 144 Å². The molecule has 1 N–H and O–H groups in total. The van der Waals surface area contributed by atoms with Crippen molar-refractivity contribution in [2.75, 3.05) is 19.7 Å². The molecule has 1 saturated heterocycles. The van der Waals surface area contributed by atoms with E-state index < -0.39 is 0 Å². The number of benzene rings is 1. The Morgan fingerprint density at radius 2 is 2.33 bits per heavy atom. The maximum atomic E-state index is 13.1. The molecular formula is C18H20N2O3S. The van der Waals surface area contributed by atoms with Gasteiger partial charge >= 0.3 is 0 Å². The van der Waals surface area contributed by atoms with Gasteiger partial charge in [0.1, 0.15) is 16.9 Å². The van der Waals surface area contributed by atoms with Gasteiger partial charge in [0.25, 0.3) is 0 Å². The predicted octanol–water partition coefficient (Wildman–Crippen LogP) is 2.87. The molecule has 1 aromatic carbocycles. The largest absolute Gasteiger partial charge is 0.508 e. The third kappa shape index (κ3) is 2.80. The molecule has 4 rings (SSSR count). The minimum absolute atomic E-state index is 0.130. The van der Waals surface area contributed by atoms with Crippen LogP contribution in [-0.2, 0) is 16.0 Å². The van der Waals surface area contributed by atoms with Gasteiger partial charge in [-0.1, -0.05) is 12.1 Å². The summed E-state index contributed by atoms with van der Waals surface area (Å²) in [5.74, 6) is 0.301. The molecule has 0 radical (unpaired) electrons. The van der Waals surface area contributed by atoms with E-state index in [4.69, 9.17) is 4.74 Å². The van der Waals surface area contributed by atoms with Crippen LogP contribution in [-0.4, -0.2) is 40.6 Å². The first-order valence-electron chi connectivity index (χ1n) is 8.34. The summed E-state index contributed by atoms with van der Waals surface area (Å²) >= 11 is 1.56. The van der Waals surface area contributed by atoms with E-state index in [1.165, 1.54) is 0 Å². The lowest BCUT2D eigenvalue weighted by Gasteiger charge is -2.36. The Morgan fingerprint density at radius 1 is 1.42 bits per heavy atom. The van der Waals surface area contributed by atoms with E-state index >= 15 is 0 Å². The highest BCUT2D eigenvalue weighted by molar-refractivity contribution is 7.09. The van der Waals surface area contributed by atoms with Crippen molar-refractivity contribution >= 4 is 17.2 Å². The van der Waals surface area contributed by atoms with Crippen molar-refractivity contribution in [2.45, 2.75) is 31.3 Å². The number of hydrogen-bond donors (Lipinski definition) is 1. The number of carbonyl (C=O) groups excluding carboxylic acids is 1. The average molecular weight is 344 g/mol. The lowest BCUT2D eigenvalue weighted by atomic mass is 9.81. The standard InChI is InChI=1S/C18H20N2O3S/c21-15-6-2-3-12-13(15)4-1-5-14(12)18(22)20-8-9-23-16(11-20)17-19-7-10-24-17/h2-3,6-7,10,14,16,21H,1,4-5,8-9,11H2. The van der Waals surface area contributed by atoms with Crippen LogP contribution in [0.1, 0.15) is 41.0 Å². The molecule has 6 heteroatoms. The van der Waals surface area contributed by atoms with Gasteiger partial charge in [0, 0.05) is 18.1 Å². The average Bonchev–Trinajstić information content (AvgIpc) is 3.16. The minimum Gasteiger partial charge on any atom is -0.508 e. The minimum atomic E-state index is -0.157. The molecule has 0 bridgehead atoms.